The molecule has 1 aliphatic heterocycles. The molecule has 0 radical (unpaired) electrons. The zero-order chi connectivity index (χ0) is 14.1. The van der Waals surface area contributed by atoms with Crippen LogP contribution >= 0.6 is 0 Å². The highest BCUT2D eigenvalue weighted by molar-refractivity contribution is 6.29. The van der Waals surface area contributed by atoms with E-state index in [2.05, 4.69) is 20.1 Å². The molecule has 108 valence electrons. The fourth-order valence-corrected chi connectivity index (χ4v) is 1.98. The minimum atomic E-state index is 0.261. The number of nitrogens with zero attached hydrogens (tertiary/aromatic N) is 4. The minimum absolute atomic E-state index is 0.261. The van der Waals surface area contributed by atoms with E-state index in [0.29, 0.717) is 18.6 Å². The quantitative estimate of drug-likeness (QED) is 0.217. The summed E-state index contributed by atoms with van der Waals surface area (Å²) in [4.78, 5) is 4.54. The van der Waals surface area contributed by atoms with Crippen molar-refractivity contribution >= 4 is 17.8 Å². The second-order valence-corrected chi connectivity index (χ2v) is 4.51. The lowest BCUT2D eigenvalue weighted by Gasteiger charge is -2.34. The molecule has 0 bridgehead atoms. The molecular weight excluding hydrogens is 248 g/mol. The van der Waals surface area contributed by atoms with Gasteiger partial charge in [0.15, 0.2) is 0 Å². The number of oxime groups is 2. The van der Waals surface area contributed by atoms with Crippen LogP contribution in [0.2, 0.25) is 0 Å². The Balaban J connectivity index is 2.20. The first-order chi connectivity index (χ1) is 9.19. The van der Waals surface area contributed by atoms with Gasteiger partial charge in [-0.05, 0) is 0 Å². The van der Waals surface area contributed by atoms with Crippen LogP contribution in [-0.4, -0.2) is 77.2 Å². The van der Waals surface area contributed by atoms with Gasteiger partial charge >= 0.3 is 0 Å². The van der Waals surface area contributed by atoms with Crippen molar-refractivity contribution in [3.63, 3.8) is 0 Å². The maximum atomic E-state index is 8.61. The Labute approximate surface area is 112 Å². The van der Waals surface area contributed by atoms with Crippen LogP contribution in [0.15, 0.2) is 10.3 Å². The zero-order valence-electron chi connectivity index (χ0n) is 11.0. The van der Waals surface area contributed by atoms with Crippen molar-refractivity contribution < 1.29 is 10.4 Å². The van der Waals surface area contributed by atoms with E-state index in [0.717, 1.165) is 45.5 Å². The van der Waals surface area contributed by atoms with Crippen LogP contribution in [0.4, 0.5) is 0 Å². The van der Waals surface area contributed by atoms with Crippen LogP contribution in [0, 0.1) is 5.41 Å². The van der Waals surface area contributed by atoms with E-state index < -0.39 is 0 Å². The van der Waals surface area contributed by atoms with E-state index in [-0.39, 0.29) is 5.84 Å². The number of hydrogen-bond acceptors (Lipinski definition) is 7. The van der Waals surface area contributed by atoms with Gasteiger partial charge in [0, 0.05) is 58.3 Å². The number of nitrogens with one attached hydrogen (secondary N) is 1. The van der Waals surface area contributed by atoms with Crippen LogP contribution in [-0.2, 0) is 0 Å². The Kier molecular flexibility index (Phi) is 6.83. The zero-order valence-corrected chi connectivity index (χ0v) is 11.0. The van der Waals surface area contributed by atoms with Gasteiger partial charge in [0.05, 0.1) is 5.71 Å². The molecule has 8 heteroatoms. The molecule has 19 heavy (non-hydrogen) atoms. The number of piperazine rings is 1. The Morgan fingerprint density at radius 1 is 1.05 bits per heavy atom. The van der Waals surface area contributed by atoms with Gasteiger partial charge in [0.25, 0.3) is 0 Å². The van der Waals surface area contributed by atoms with Crippen molar-refractivity contribution in [3.8, 4) is 0 Å². The first-order valence-electron chi connectivity index (χ1n) is 6.32. The molecule has 5 N–H and O–H groups in total. The Hall–Kier alpha value is -1.67. The molecule has 0 amide bonds. The first kappa shape index (κ1) is 15.4. The predicted octanol–water partition coefficient (Wildman–Crippen LogP) is -0.390. The van der Waals surface area contributed by atoms with Crippen molar-refractivity contribution in [2.75, 3.05) is 39.3 Å². The lowest BCUT2D eigenvalue weighted by Crippen LogP contribution is -2.47. The largest absolute Gasteiger partial charge is 0.411 e. The summed E-state index contributed by atoms with van der Waals surface area (Å²) in [7, 11) is 0. The van der Waals surface area contributed by atoms with Gasteiger partial charge in [-0.25, -0.2) is 0 Å². The molecular formula is C11H22N6O2. The topological polar surface area (TPSA) is 122 Å². The Morgan fingerprint density at radius 2 is 1.58 bits per heavy atom. The maximum Gasteiger partial charge on any atom is 0.140 e. The molecule has 1 rings (SSSR count). The minimum Gasteiger partial charge on any atom is -0.411 e. The third kappa shape index (κ3) is 5.66. The molecule has 8 nitrogen and oxygen atoms in total. The SMILES string of the molecule is N=C/C(CCN1CCN(CC/C(N)=N/O)CC1)=N\O. The summed E-state index contributed by atoms with van der Waals surface area (Å²) in [6.07, 6.45) is 2.24. The van der Waals surface area contributed by atoms with E-state index in [4.69, 9.17) is 21.6 Å². The van der Waals surface area contributed by atoms with Crippen molar-refractivity contribution in [1.82, 2.24) is 9.80 Å². The number of amidine groups is 1. The monoisotopic (exact) mass is 270 g/mol. The van der Waals surface area contributed by atoms with Crippen LogP contribution in [0.5, 0.6) is 0 Å². The average molecular weight is 270 g/mol. The molecule has 0 atom stereocenters. The van der Waals surface area contributed by atoms with Gasteiger partial charge in [-0.15, -0.1) is 0 Å². The number of rotatable bonds is 7. The fourth-order valence-electron chi connectivity index (χ4n) is 1.98. The molecule has 1 saturated heterocycles. The molecule has 0 aromatic carbocycles. The third-order valence-corrected chi connectivity index (χ3v) is 3.26. The van der Waals surface area contributed by atoms with Crippen molar-refractivity contribution in [2.45, 2.75) is 12.8 Å². The summed E-state index contributed by atoms with van der Waals surface area (Å²) in [6, 6.07) is 0. The summed E-state index contributed by atoms with van der Waals surface area (Å²) in [5.41, 5.74) is 5.83. The highest BCUT2D eigenvalue weighted by Crippen LogP contribution is 2.03. The second kappa shape index (κ2) is 8.44. The standard InChI is InChI=1S/C11H22N6O2/c12-9-10(14-18)1-3-16-5-7-17(8-6-16)4-2-11(13)15-19/h9,12,18-19H,1-8H2,(H2,13,15)/b12-9?,14-10-. The molecule has 0 aromatic heterocycles. The normalized spacial score (nSPS) is 19.6. The molecule has 0 unspecified atom stereocenters. The van der Waals surface area contributed by atoms with E-state index in [1.165, 1.54) is 0 Å². The summed E-state index contributed by atoms with van der Waals surface area (Å²) >= 11 is 0. The van der Waals surface area contributed by atoms with Gasteiger partial charge < -0.3 is 31.4 Å². The molecule has 0 aliphatic carbocycles. The van der Waals surface area contributed by atoms with Crippen molar-refractivity contribution in [3.05, 3.63) is 0 Å². The van der Waals surface area contributed by atoms with Crippen LogP contribution in [0.1, 0.15) is 12.8 Å². The van der Waals surface area contributed by atoms with Gasteiger partial charge in [-0.1, -0.05) is 10.3 Å². The van der Waals surface area contributed by atoms with E-state index >= 15 is 0 Å². The molecule has 1 heterocycles. The molecule has 0 aromatic rings. The second-order valence-electron chi connectivity index (χ2n) is 4.51. The van der Waals surface area contributed by atoms with Crippen LogP contribution in [0.3, 0.4) is 0 Å². The first-order valence-corrected chi connectivity index (χ1v) is 6.32. The van der Waals surface area contributed by atoms with Gasteiger partial charge in [-0.3, -0.25) is 0 Å². The third-order valence-electron chi connectivity index (χ3n) is 3.26. The van der Waals surface area contributed by atoms with Crippen LogP contribution in [0.25, 0.3) is 0 Å². The Bertz CT molecular complexity index is 336. The fraction of sp³-hybridized carbons (Fsp3) is 0.727. The lowest BCUT2D eigenvalue weighted by atomic mass is 10.2. The molecule has 1 fully saturated rings. The summed E-state index contributed by atoms with van der Waals surface area (Å²) in [5.74, 6) is 0.261. The van der Waals surface area contributed by atoms with Crippen molar-refractivity contribution in [2.24, 2.45) is 16.0 Å². The highest BCUT2D eigenvalue weighted by Gasteiger charge is 2.16. The van der Waals surface area contributed by atoms with Gasteiger partial charge in [0.1, 0.15) is 5.84 Å². The number of hydrogen-bond donors (Lipinski definition) is 4. The smallest absolute Gasteiger partial charge is 0.140 e. The van der Waals surface area contributed by atoms with Gasteiger partial charge in [0.2, 0.25) is 0 Å². The summed E-state index contributed by atoms with van der Waals surface area (Å²) in [6.45, 7) is 5.35. The Morgan fingerprint density at radius 3 is 2.00 bits per heavy atom. The molecule has 1 aliphatic rings. The number of nitrogens with two attached hydrogens (primary N) is 1. The van der Waals surface area contributed by atoms with E-state index in [9.17, 15) is 0 Å². The van der Waals surface area contributed by atoms with E-state index in [1.54, 1.807) is 0 Å². The summed E-state index contributed by atoms with van der Waals surface area (Å²) in [5, 5.41) is 30.1. The maximum absolute atomic E-state index is 8.61. The lowest BCUT2D eigenvalue weighted by molar-refractivity contribution is 0.137. The van der Waals surface area contributed by atoms with Gasteiger partial charge in [-0.2, -0.15) is 0 Å². The summed E-state index contributed by atoms with van der Waals surface area (Å²) < 4.78 is 0. The highest BCUT2D eigenvalue weighted by atomic mass is 16.4. The average Bonchev–Trinajstić information content (AvgIpc) is 2.47. The molecule has 0 saturated carbocycles. The van der Waals surface area contributed by atoms with E-state index in [1.807, 2.05) is 0 Å². The molecule has 0 spiro atoms. The van der Waals surface area contributed by atoms with Crippen molar-refractivity contribution in [1.29, 1.82) is 5.41 Å². The van der Waals surface area contributed by atoms with Crippen LogP contribution < -0.4 is 5.73 Å². The predicted molar refractivity (Wildman–Crippen MR) is 73.5 cm³/mol.